The molecular weight excluding hydrogens is 248 g/mol. The first-order chi connectivity index (χ1) is 9.75. The number of pyridine rings is 1. The predicted octanol–water partition coefficient (Wildman–Crippen LogP) is 2.91. The topological polar surface area (TPSA) is 36.4 Å². The van der Waals surface area contributed by atoms with Crippen LogP contribution in [0.5, 0.6) is 0 Å². The summed E-state index contributed by atoms with van der Waals surface area (Å²) < 4.78 is 0. The van der Waals surface area contributed by atoms with E-state index in [0.29, 0.717) is 12.0 Å². The zero-order valence-electron chi connectivity index (χ0n) is 12.5. The van der Waals surface area contributed by atoms with Gasteiger partial charge in [0.25, 0.3) is 0 Å². The van der Waals surface area contributed by atoms with Crippen molar-refractivity contribution in [2.75, 3.05) is 6.54 Å². The first kappa shape index (κ1) is 14.0. The molecule has 1 aliphatic heterocycles. The van der Waals surface area contributed by atoms with Gasteiger partial charge in [0, 0.05) is 24.7 Å². The highest BCUT2D eigenvalue weighted by Gasteiger charge is 2.36. The lowest BCUT2D eigenvalue weighted by Crippen LogP contribution is -2.46. The minimum Gasteiger partial charge on any atom is -0.393 e. The Morgan fingerprint density at radius 1 is 1.25 bits per heavy atom. The third-order valence-corrected chi connectivity index (χ3v) is 5.16. The third-order valence-electron chi connectivity index (χ3n) is 5.16. The molecule has 0 amide bonds. The van der Waals surface area contributed by atoms with Gasteiger partial charge in [-0.05, 0) is 50.8 Å². The number of hydrogen-bond donors (Lipinski definition) is 1. The fraction of sp³-hybridized carbons (Fsp3) is 0.706. The van der Waals surface area contributed by atoms with Crippen LogP contribution >= 0.6 is 0 Å². The molecule has 3 heteroatoms. The maximum Gasteiger partial charge on any atom is 0.0583 e. The summed E-state index contributed by atoms with van der Waals surface area (Å²) in [5.74, 6) is 0.485. The lowest BCUT2D eigenvalue weighted by Gasteiger charge is -2.40. The first-order valence-electron chi connectivity index (χ1n) is 8.08. The van der Waals surface area contributed by atoms with Gasteiger partial charge in [-0.15, -0.1) is 0 Å². The van der Waals surface area contributed by atoms with Crippen LogP contribution in [0.25, 0.3) is 0 Å². The van der Waals surface area contributed by atoms with Gasteiger partial charge in [-0.2, -0.15) is 0 Å². The molecule has 0 aromatic carbocycles. The molecule has 1 aromatic rings. The molecule has 0 spiro atoms. The molecule has 1 N–H and O–H groups in total. The van der Waals surface area contributed by atoms with Crippen molar-refractivity contribution in [1.29, 1.82) is 0 Å². The molecule has 3 atom stereocenters. The van der Waals surface area contributed by atoms with Gasteiger partial charge in [0.15, 0.2) is 0 Å². The SMILES string of the molecule is Cc1cccnc1CN1CCCCC1C1CCCC1O. The van der Waals surface area contributed by atoms with E-state index < -0.39 is 0 Å². The monoisotopic (exact) mass is 274 g/mol. The number of piperidine rings is 1. The number of rotatable bonds is 3. The minimum absolute atomic E-state index is 0.0783. The van der Waals surface area contributed by atoms with E-state index >= 15 is 0 Å². The fourth-order valence-electron chi connectivity index (χ4n) is 3.99. The van der Waals surface area contributed by atoms with E-state index in [1.807, 2.05) is 12.3 Å². The Morgan fingerprint density at radius 2 is 2.15 bits per heavy atom. The summed E-state index contributed by atoms with van der Waals surface area (Å²) >= 11 is 0. The molecule has 2 fully saturated rings. The summed E-state index contributed by atoms with van der Waals surface area (Å²) in [5.41, 5.74) is 2.48. The first-order valence-corrected chi connectivity index (χ1v) is 8.08. The standard InChI is InChI=1S/C17H26N2O/c1-13-6-5-10-18-15(13)12-19-11-3-2-8-16(19)14-7-4-9-17(14)20/h5-6,10,14,16-17,20H,2-4,7-9,11-12H2,1H3. The predicted molar refractivity (Wildman–Crippen MR) is 80.4 cm³/mol. The highest BCUT2D eigenvalue weighted by atomic mass is 16.3. The fourth-order valence-corrected chi connectivity index (χ4v) is 3.99. The van der Waals surface area contributed by atoms with Crippen LogP contribution in [0.1, 0.15) is 49.8 Å². The van der Waals surface area contributed by atoms with Crippen LogP contribution in [-0.4, -0.2) is 33.7 Å². The molecule has 20 heavy (non-hydrogen) atoms. The molecule has 2 heterocycles. The average molecular weight is 274 g/mol. The molecule has 3 unspecified atom stereocenters. The Hall–Kier alpha value is -0.930. The normalized spacial score (nSPS) is 31.6. The van der Waals surface area contributed by atoms with Gasteiger partial charge in [0.05, 0.1) is 11.8 Å². The largest absolute Gasteiger partial charge is 0.393 e. The quantitative estimate of drug-likeness (QED) is 0.920. The van der Waals surface area contributed by atoms with Gasteiger partial charge in [0.1, 0.15) is 0 Å². The highest BCUT2D eigenvalue weighted by molar-refractivity contribution is 5.17. The summed E-state index contributed by atoms with van der Waals surface area (Å²) in [6, 6.07) is 4.71. The van der Waals surface area contributed by atoms with Crippen molar-refractivity contribution in [2.24, 2.45) is 5.92 Å². The maximum absolute atomic E-state index is 10.2. The van der Waals surface area contributed by atoms with Gasteiger partial charge in [-0.1, -0.05) is 18.9 Å². The molecule has 3 rings (SSSR count). The van der Waals surface area contributed by atoms with Crippen molar-refractivity contribution >= 4 is 0 Å². The molecular formula is C17H26N2O. The Kier molecular flexibility index (Phi) is 4.37. The van der Waals surface area contributed by atoms with Crippen LogP contribution in [-0.2, 0) is 6.54 Å². The van der Waals surface area contributed by atoms with Crippen LogP contribution in [0.2, 0.25) is 0 Å². The number of aliphatic hydroxyl groups is 1. The van der Waals surface area contributed by atoms with Crippen molar-refractivity contribution in [3.05, 3.63) is 29.6 Å². The van der Waals surface area contributed by atoms with Crippen LogP contribution in [0.4, 0.5) is 0 Å². The Bertz CT molecular complexity index is 448. The number of likely N-dealkylation sites (tertiary alicyclic amines) is 1. The molecule has 1 saturated carbocycles. The van der Waals surface area contributed by atoms with E-state index in [4.69, 9.17) is 0 Å². The van der Waals surface area contributed by atoms with Crippen LogP contribution < -0.4 is 0 Å². The van der Waals surface area contributed by atoms with E-state index in [1.165, 1.54) is 43.4 Å². The zero-order chi connectivity index (χ0) is 13.9. The van der Waals surface area contributed by atoms with E-state index in [2.05, 4.69) is 22.9 Å². The smallest absolute Gasteiger partial charge is 0.0583 e. The van der Waals surface area contributed by atoms with Gasteiger partial charge in [-0.25, -0.2) is 0 Å². The second-order valence-corrected chi connectivity index (χ2v) is 6.46. The second kappa shape index (κ2) is 6.23. The average Bonchev–Trinajstić information content (AvgIpc) is 2.88. The molecule has 2 aliphatic rings. The van der Waals surface area contributed by atoms with Crippen LogP contribution in [0.3, 0.4) is 0 Å². The van der Waals surface area contributed by atoms with Crippen LogP contribution in [0.15, 0.2) is 18.3 Å². The second-order valence-electron chi connectivity index (χ2n) is 6.46. The molecule has 1 aliphatic carbocycles. The van der Waals surface area contributed by atoms with Crippen molar-refractivity contribution < 1.29 is 5.11 Å². The Balaban J connectivity index is 1.74. The number of aromatic nitrogens is 1. The number of aliphatic hydroxyl groups excluding tert-OH is 1. The number of aryl methyl sites for hydroxylation is 1. The number of hydrogen-bond acceptors (Lipinski definition) is 3. The summed E-state index contributed by atoms with van der Waals surface area (Å²) in [6.07, 6.45) is 9.04. The Labute approximate surface area is 122 Å². The molecule has 1 aromatic heterocycles. The van der Waals surface area contributed by atoms with Gasteiger partial charge in [0.2, 0.25) is 0 Å². The van der Waals surface area contributed by atoms with Gasteiger partial charge < -0.3 is 5.11 Å². The van der Waals surface area contributed by atoms with E-state index in [0.717, 1.165) is 19.5 Å². The summed E-state index contributed by atoms with van der Waals surface area (Å²) in [4.78, 5) is 7.13. The molecule has 1 saturated heterocycles. The van der Waals surface area contributed by atoms with Crippen molar-refractivity contribution in [1.82, 2.24) is 9.88 Å². The summed E-state index contributed by atoms with van der Waals surface area (Å²) in [6.45, 7) is 4.25. The zero-order valence-corrected chi connectivity index (χ0v) is 12.5. The summed E-state index contributed by atoms with van der Waals surface area (Å²) in [5, 5.41) is 10.2. The Morgan fingerprint density at radius 3 is 2.90 bits per heavy atom. The van der Waals surface area contributed by atoms with E-state index in [1.54, 1.807) is 0 Å². The minimum atomic E-state index is -0.0783. The molecule has 3 nitrogen and oxygen atoms in total. The van der Waals surface area contributed by atoms with Gasteiger partial charge >= 0.3 is 0 Å². The lowest BCUT2D eigenvalue weighted by molar-refractivity contribution is 0.0306. The maximum atomic E-state index is 10.2. The van der Waals surface area contributed by atoms with Crippen molar-refractivity contribution in [2.45, 2.75) is 64.1 Å². The number of nitrogens with zero attached hydrogens (tertiary/aromatic N) is 2. The lowest BCUT2D eigenvalue weighted by atomic mass is 9.87. The van der Waals surface area contributed by atoms with E-state index in [-0.39, 0.29) is 6.10 Å². The third kappa shape index (κ3) is 2.89. The van der Waals surface area contributed by atoms with Gasteiger partial charge in [-0.3, -0.25) is 9.88 Å². The molecule has 0 radical (unpaired) electrons. The van der Waals surface area contributed by atoms with Crippen molar-refractivity contribution in [3.63, 3.8) is 0 Å². The molecule has 0 bridgehead atoms. The molecule has 110 valence electrons. The van der Waals surface area contributed by atoms with E-state index in [9.17, 15) is 5.11 Å². The summed E-state index contributed by atoms with van der Waals surface area (Å²) in [7, 11) is 0. The highest BCUT2D eigenvalue weighted by Crippen LogP contribution is 2.35. The van der Waals surface area contributed by atoms with Crippen LogP contribution in [0, 0.1) is 12.8 Å². The van der Waals surface area contributed by atoms with Crippen molar-refractivity contribution in [3.8, 4) is 0 Å².